The summed E-state index contributed by atoms with van der Waals surface area (Å²) in [5.41, 5.74) is 0. The summed E-state index contributed by atoms with van der Waals surface area (Å²) in [4.78, 5) is 18.6. The summed E-state index contributed by atoms with van der Waals surface area (Å²) in [6, 6.07) is 0. The van der Waals surface area contributed by atoms with Crippen molar-refractivity contribution in [2.24, 2.45) is 0 Å². The third-order valence-electron chi connectivity index (χ3n) is 3.49. The number of likely N-dealkylation sites (N-methyl/N-ethyl adjacent to an activating group) is 2. The summed E-state index contributed by atoms with van der Waals surface area (Å²) in [5, 5.41) is 0. The lowest BCUT2D eigenvalue weighted by Gasteiger charge is -2.33. The van der Waals surface area contributed by atoms with Crippen LogP contribution in [0.15, 0.2) is 0 Å². The molecule has 0 aromatic carbocycles. The zero-order valence-electron chi connectivity index (χ0n) is 11.6. The highest BCUT2D eigenvalue weighted by molar-refractivity contribution is 5.78. The van der Waals surface area contributed by atoms with E-state index in [0.29, 0.717) is 12.5 Å². The Morgan fingerprint density at radius 3 is 2.35 bits per heavy atom. The fourth-order valence-corrected chi connectivity index (χ4v) is 2.08. The van der Waals surface area contributed by atoms with Gasteiger partial charge in [-0.1, -0.05) is 20.3 Å². The van der Waals surface area contributed by atoms with Crippen LogP contribution in [0.25, 0.3) is 0 Å². The smallest absolute Gasteiger partial charge is 0.236 e. The van der Waals surface area contributed by atoms with Crippen LogP contribution in [-0.2, 0) is 4.79 Å². The van der Waals surface area contributed by atoms with Gasteiger partial charge >= 0.3 is 0 Å². The van der Waals surface area contributed by atoms with Gasteiger partial charge in [-0.2, -0.15) is 0 Å². The van der Waals surface area contributed by atoms with E-state index in [1.54, 1.807) is 0 Å². The van der Waals surface area contributed by atoms with Crippen LogP contribution in [0.3, 0.4) is 0 Å². The molecule has 0 aliphatic carbocycles. The molecule has 0 N–H and O–H groups in total. The third-order valence-corrected chi connectivity index (χ3v) is 3.49. The molecule has 0 atom stereocenters. The Hall–Kier alpha value is -0.610. The first-order valence-electron chi connectivity index (χ1n) is 6.86. The predicted molar refractivity (Wildman–Crippen MR) is 71.1 cm³/mol. The lowest BCUT2D eigenvalue weighted by atomic mass is 10.3. The molecular weight excluding hydrogens is 214 g/mol. The summed E-state index contributed by atoms with van der Waals surface area (Å²) in [6.07, 6.45) is 2.38. The summed E-state index contributed by atoms with van der Waals surface area (Å²) in [7, 11) is 2.11. The number of hydrogen-bond acceptors (Lipinski definition) is 3. The van der Waals surface area contributed by atoms with Crippen molar-refractivity contribution in [3.05, 3.63) is 0 Å². The van der Waals surface area contributed by atoms with E-state index in [1.165, 1.54) is 12.8 Å². The number of carbonyl (C=O) groups is 1. The Bertz CT molecular complexity index is 225. The number of amides is 1. The fourth-order valence-electron chi connectivity index (χ4n) is 2.08. The minimum atomic E-state index is 0.302. The summed E-state index contributed by atoms with van der Waals surface area (Å²) < 4.78 is 0. The van der Waals surface area contributed by atoms with Crippen LogP contribution in [0.5, 0.6) is 0 Å². The maximum Gasteiger partial charge on any atom is 0.236 e. The maximum atomic E-state index is 12.1. The normalized spacial score (nSPS) is 17.8. The van der Waals surface area contributed by atoms with Crippen LogP contribution in [0.1, 0.15) is 26.7 Å². The van der Waals surface area contributed by atoms with Gasteiger partial charge in [-0.05, 0) is 26.6 Å². The van der Waals surface area contributed by atoms with Gasteiger partial charge in [0.15, 0.2) is 0 Å². The number of unbranched alkanes of at least 4 members (excludes halogenated alkanes) is 1. The highest BCUT2D eigenvalue weighted by atomic mass is 16.2. The minimum Gasteiger partial charge on any atom is -0.339 e. The molecular formula is C13H27N3O. The monoisotopic (exact) mass is 241 g/mol. The van der Waals surface area contributed by atoms with Crippen molar-refractivity contribution in [2.45, 2.75) is 26.7 Å². The van der Waals surface area contributed by atoms with Gasteiger partial charge < -0.3 is 9.80 Å². The molecule has 1 rings (SSSR count). The van der Waals surface area contributed by atoms with Crippen LogP contribution in [0.2, 0.25) is 0 Å². The Morgan fingerprint density at radius 2 is 1.82 bits per heavy atom. The molecule has 4 heteroatoms. The van der Waals surface area contributed by atoms with E-state index in [-0.39, 0.29) is 0 Å². The summed E-state index contributed by atoms with van der Waals surface area (Å²) >= 11 is 0. The van der Waals surface area contributed by atoms with E-state index in [0.717, 1.165) is 39.3 Å². The fraction of sp³-hybridized carbons (Fsp3) is 0.923. The van der Waals surface area contributed by atoms with Gasteiger partial charge in [0.2, 0.25) is 5.91 Å². The Kier molecular flexibility index (Phi) is 6.52. The second kappa shape index (κ2) is 7.67. The number of hydrogen-bond donors (Lipinski definition) is 0. The van der Waals surface area contributed by atoms with Crippen LogP contribution >= 0.6 is 0 Å². The second-order valence-electron chi connectivity index (χ2n) is 4.91. The molecule has 0 unspecified atom stereocenters. The number of rotatable bonds is 6. The summed E-state index contributed by atoms with van der Waals surface area (Å²) in [6.45, 7) is 10.7. The van der Waals surface area contributed by atoms with Crippen LogP contribution in [0, 0.1) is 0 Å². The molecule has 0 radical (unpaired) electrons. The molecule has 0 aromatic heterocycles. The van der Waals surface area contributed by atoms with Crippen molar-refractivity contribution in [3.63, 3.8) is 0 Å². The molecule has 1 aliphatic heterocycles. The van der Waals surface area contributed by atoms with E-state index >= 15 is 0 Å². The second-order valence-corrected chi connectivity index (χ2v) is 4.91. The van der Waals surface area contributed by atoms with Gasteiger partial charge in [0.05, 0.1) is 6.54 Å². The molecule has 1 amide bonds. The third kappa shape index (κ3) is 5.04. The van der Waals surface area contributed by atoms with Gasteiger partial charge in [-0.15, -0.1) is 0 Å². The SMILES string of the molecule is CCCCN(CC)CC(=O)N1CCN(C)CC1. The lowest BCUT2D eigenvalue weighted by Crippen LogP contribution is -2.50. The molecule has 0 aromatic rings. The van der Waals surface area contributed by atoms with E-state index in [2.05, 4.69) is 30.7 Å². The van der Waals surface area contributed by atoms with E-state index < -0.39 is 0 Å². The first-order chi connectivity index (χ1) is 8.17. The molecule has 4 nitrogen and oxygen atoms in total. The average Bonchev–Trinajstić information content (AvgIpc) is 2.35. The maximum absolute atomic E-state index is 12.1. The van der Waals surface area contributed by atoms with Crippen molar-refractivity contribution in [3.8, 4) is 0 Å². The highest BCUT2D eigenvalue weighted by Gasteiger charge is 2.20. The van der Waals surface area contributed by atoms with Gasteiger partial charge in [0.25, 0.3) is 0 Å². The van der Waals surface area contributed by atoms with Crippen LogP contribution < -0.4 is 0 Å². The lowest BCUT2D eigenvalue weighted by molar-refractivity contribution is -0.134. The molecule has 1 fully saturated rings. The van der Waals surface area contributed by atoms with Crippen LogP contribution in [0.4, 0.5) is 0 Å². The van der Waals surface area contributed by atoms with Crippen molar-refractivity contribution >= 4 is 5.91 Å². The first kappa shape index (κ1) is 14.5. The number of nitrogens with zero attached hydrogens (tertiary/aromatic N) is 3. The molecule has 1 heterocycles. The molecule has 0 saturated carbocycles. The van der Waals surface area contributed by atoms with Gasteiger partial charge in [-0.3, -0.25) is 9.69 Å². The van der Waals surface area contributed by atoms with Crippen molar-refractivity contribution < 1.29 is 4.79 Å². The van der Waals surface area contributed by atoms with E-state index in [1.807, 2.05) is 4.90 Å². The van der Waals surface area contributed by atoms with Gasteiger partial charge in [-0.25, -0.2) is 0 Å². The van der Waals surface area contributed by atoms with E-state index in [9.17, 15) is 4.79 Å². The average molecular weight is 241 g/mol. The Labute approximate surface area is 106 Å². The predicted octanol–water partition coefficient (Wildman–Crippen LogP) is 0.882. The zero-order chi connectivity index (χ0) is 12.7. The number of carbonyl (C=O) groups excluding carboxylic acids is 1. The number of piperazine rings is 1. The van der Waals surface area contributed by atoms with Crippen molar-refractivity contribution in [1.82, 2.24) is 14.7 Å². The van der Waals surface area contributed by atoms with Gasteiger partial charge in [0, 0.05) is 26.2 Å². The van der Waals surface area contributed by atoms with Crippen molar-refractivity contribution in [1.29, 1.82) is 0 Å². The minimum absolute atomic E-state index is 0.302. The molecule has 1 aliphatic rings. The standard InChI is InChI=1S/C13H27N3O/c1-4-6-7-15(5-2)12-13(17)16-10-8-14(3)9-11-16/h4-12H2,1-3H3. The highest BCUT2D eigenvalue weighted by Crippen LogP contribution is 2.02. The van der Waals surface area contributed by atoms with Gasteiger partial charge in [0.1, 0.15) is 0 Å². The Morgan fingerprint density at radius 1 is 1.18 bits per heavy atom. The molecule has 100 valence electrons. The quantitative estimate of drug-likeness (QED) is 0.691. The molecule has 0 bridgehead atoms. The molecule has 1 saturated heterocycles. The first-order valence-corrected chi connectivity index (χ1v) is 6.86. The van der Waals surface area contributed by atoms with Crippen molar-refractivity contribution in [2.75, 3.05) is 52.9 Å². The summed E-state index contributed by atoms with van der Waals surface area (Å²) in [5.74, 6) is 0.302. The zero-order valence-corrected chi connectivity index (χ0v) is 11.6. The topological polar surface area (TPSA) is 26.8 Å². The largest absolute Gasteiger partial charge is 0.339 e. The Balaban J connectivity index is 2.31. The molecule has 0 spiro atoms. The van der Waals surface area contributed by atoms with Crippen LogP contribution in [-0.4, -0.2) is 73.5 Å². The molecule has 17 heavy (non-hydrogen) atoms. The van der Waals surface area contributed by atoms with E-state index in [4.69, 9.17) is 0 Å².